The first-order valence-corrected chi connectivity index (χ1v) is 8.97. The van der Waals surface area contributed by atoms with Crippen LogP contribution in [0.5, 0.6) is 0 Å². The molecule has 0 fully saturated rings. The van der Waals surface area contributed by atoms with Crippen LogP contribution in [-0.2, 0) is 0 Å². The molecule has 2 heterocycles. The van der Waals surface area contributed by atoms with Gasteiger partial charge in [0.05, 0.1) is 10.8 Å². The Kier molecular flexibility index (Phi) is 4.38. The second kappa shape index (κ2) is 6.84. The molecule has 4 aromatic rings. The molecule has 0 spiro atoms. The molecule has 4 rings (SSSR count). The molecule has 0 radical (unpaired) electrons. The van der Waals surface area contributed by atoms with Crippen molar-refractivity contribution in [2.45, 2.75) is 24.1 Å². The molecule has 1 atom stereocenters. The predicted octanol–water partition coefficient (Wildman–Crippen LogP) is 4.98. The van der Waals surface area contributed by atoms with Crippen LogP contribution in [0.25, 0.3) is 22.4 Å². The van der Waals surface area contributed by atoms with Crippen LogP contribution in [0.4, 0.5) is 4.39 Å². The van der Waals surface area contributed by atoms with Gasteiger partial charge in [0.15, 0.2) is 0 Å². The molecule has 5 nitrogen and oxygen atoms in total. The lowest BCUT2D eigenvalue weighted by atomic mass is 10.2. The number of aryl methyl sites for hydroxylation is 1. The number of para-hydroxylation sites is 1. The van der Waals surface area contributed by atoms with Gasteiger partial charge in [0.2, 0.25) is 11.8 Å². The number of thioether (sulfide) groups is 1. The van der Waals surface area contributed by atoms with E-state index in [1.807, 2.05) is 38.1 Å². The molecule has 26 heavy (non-hydrogen) atoms. The summed E-state index contributed by atoms with van der Waals surface area (Å²) in [6.45, 7) is 3.86. The molecule has 0 N–H and O–H groups in total. The molecular formula is C19H15FN4OS. The number of nitrogens with zero attached hydrogens (tertiary/aromatic N) is 4. The van der Waals surface area contributed by atoms with E-state index in [1.165, 1.54) is 12.1 Å². The number of hydrogen-bond donors (Lipinski definition) is 0. The highest BCUT2D eigenvalue weighted by molar-refractivity contribution is 7.99. The summed E-state index contributed by atoms with van der Waals surface area (Å²) in [6, 6.07) is 13.9. The van der Waals surface area contributed by atoms with Crippen LogP contribution >= 0.6 is 11.8 Å². The first-order valence-electron chi connectivity index (χ1n) is 8.09. The van der Waals surface area contributed by atoms with Crippen molar-refractivity contribution in [2.24, 2.45) is 0 Å². The zero-order valence-corrected chi connectivity index (χ0v) is 15.0. The third-order valence-corrected chi connectivity index (χ3v) is 4.94. The summed E-state index contributed by atoms with van der Waals surface area (Å²) in [5.74, 6) is 1.28. The predicted molar refractivity (Wildman–Crippen MR) is 98.2 cm³/mol. The Hall–Kier alpha value is -2.80. The summed E-state index contributed by atoms with van der Waals surface area (Å²) >= 11 is 1.54. The van der Waals surface area contributed by atoms with E-state index in [0.29, 0.717) is 17.3 Å². The average molecular weight is 366 g/mol. The van der Waals surface area contributed by atoms with Crippen LogP contribution in [-0.4, -0.2) is 20.2 Å². The molecule has 0 aliphatic rings. The first-order chi connectivity index (χ1) is 12.6. The van der Waals surface area contributed by atoms with Crippen LogP contribution in [0.2, 0.25) is 0 Å². The van der Waals surface area contributed by atoms with Gasteiger partial charge < -0.3 is 4.42 Å². The van der Waals surface area contributed by atoms with Gasteiger partial charge in [-0.05, 0) is 44.2 Å². The Morgan fingerprint density at radius 1 is 1.00 bits per heavy atom. The topological polar surface area (TPSA) is 64.7 Å². The van der Waals surface area contributed by atoms with Gasteiger partial charge in [-0.3, -0.25) is 0 Å². The highest BCUT2D eigenvalue weighted by atomic mass is 32.2. The number of rotatable bonds is 4. The highest BCUT2D eigenvalue weighted by Gasteiger charge is 2.18. The van der Waals surface area contributed by atoms with Gasteiger partial charge >= 0.3 is 0 Å². The van der Waals surface area contributed by atoms with Gasteiger partial charge in [-0.1, -0.05) is 30.0 Å². The van der Waals surface area contributed by atoms with Crippen LogP contribution in [0.1, 0.15) is 23.9 Å². The van der Waals surface area contributed by atoms with Crippen LogP contribution in [0.3, 0.4) is 0 Å². The van der Waals surface area contributed by atoms with Crippen molar-refractivity contribution in [1.29, 1.82) is 0 Å². The van der Waals surface area contributed by atoms with Gasteiger partial charge in [0, 0.05) is 10.9 Å². The molecule has 0 amide bonds. The third-order valence-electron chi connectivity index (χ3n) is 3.85. The quantitative estimate of drug-likeness (QED) is 0.375. The Labute approximate surface area is 153 Å². The fraction of sp³-hybridized carbons (Fsp3) is 0.158. The molecular weight excluding hydrogens is 351 g/mol. The van der Waals surface area contributed by atoms with Crippen molar-refractivity contribution in [1.82, 2.24) is 20.2 Å². The van der Waals surface area contributed by atoms with Gasteiger partial charge in [0.1, 0.15) is 16.7 Å². The maximum atomic E-state index is 13.1. The average Bonchev–Trinajstić information content (AvgIpc) is 3.12. The van der Waals surface area contributed by atoms with E-state index in [9.17, 15) is 4.39 Å². The van der Waals surface area contributed by atoms with Crippen molar-refractivity contribution in [2.75, 3.05) is 0 Å². The van der Waals surface area contributed by atoms with E-state index in [4.69, 9.17) is 4.42 Å². The van der Waals surface area contributed by atoms with Crippen LogP contribution in [0.15, 0.2) is 58.0 Å². The second-order valence-corrected chi connectivity index (χ2v) is 7.14. The number of fused-ring (bicyclic) bond motifs is 1. The maximum Gasteiger partial charge on any atom is 0.247 e. The Balaban J connectivity index is 1.61. The molecule has 2 aromatic heterocycles. The van der Waals surface area contributed by atoms with E-state index in [-0.39, 0.29) is 11.1 Å². The minimum Gasteiger partial charge on any atom is -0.419 e. The molecule has 0 aliphatic carbocycles. The Morgan fingerprint density at radius 3 is 2.58 bits per heavy atom. The molecule has 0 aliphatic heterocycles. The van der Waals surface area contributed by atoms with E-state index in [2.05, 4.69) is 20.2 Å². The van der Waals surface area contributed by atoms with Crippen LogP contribution in [0, 0.1) is 12.7 Å². The molecule has 2 aromatic carbocycles. The van der Waals surface area contributed by atoms with E-state index < -0.39 is 0 Å². The van der Waals surface area contributed by atoms with Gasteiger partial charge in [-0.15, -0.1) is 10.2 Å². The van der Waals surface area contributed by atoms with Crippen LogP contribution < -0.4 is 0 Å². The normalized spacial score (nSPS) is 12.4. The summed E-state index contributed by atoms with van der Waals surface area (Å²) in [5, 5.41) is 9.99. The van der Waals surface area contributed by atoms with Crippen molar-refractivity contribution in [3.05, 3.63) is 66.1 Å². The number of halogens is 1. The summed E-state index contributed by atoms with van der Waals surface area (Å²) in [4.78, 5) is 9.02. The Morgan fingerprint density at radius 2 is 1.77 bits per heavy atom. The Bertz CT molecular complexity index is 1060. The standard InChI is InChI=1S/C19H15FN4OS/c1-11(17-23-24-18(25-17)13-7-9-14(20)10-8-13)26-19-15-5-3-4-6-16(15)21-12(2)22-19/h3-11H,1-2H3/t11-/m1/s1. The lowest BCUT2D eigenvalue weighted by molar-refractivity contribution is 0.509. The zero-order chi connectivity index (χ0) is 18.1. The summed E-state index contributed by atoms with van der Waals surface area (Å²) < 4.78 is 18.8. The third kappa shape index (κ3) is 3.30. The maximum absolute atomic E-state index is 13.1. The van der Waals surface area contributed by atoms with Gasteiger partial charge in [0.25, 0.3) is 0 Å². The summed E-state index contributed by atoms with van der Waals surface area (Å²) in [5.41, 5.74) is 1.60. The van der Waals surface area contributed by atoms with Crippen molar-refractivity contribution in [3.63, 3.8) is 0 Å². The monoisotopic (exact) mass is 366 g/mol. The van der Waals surface area contributed by atoms with Crippen molar-refractivity contribution in [3.8, 4) is 11.5 Å². The number of benzene rings is 2. The van der Waals surface area contributed by atoms with E-state index in [1.54, 1.807) is 23.9 Å². The van der Waals surface area contributed by atoms with Crippen molar-refractivity contribution < 1.29 is 8.81 Å². The number of hydrogen-bond acceptors (Lipinski definition) is 6. The second-order valence-electron chi connectivity index (χ2n) is 5.81. The lowest BCUT2D eigenvalue weighted by Gasteiger charge is -2.09. The number of aromatic nitrogens is 4. The fourth-order valence-corrected chi connectivity index (χ4v) is 3.59. The van der Waals surface area contributed by atoms with Crippen molar-refractivity contribution >= 4 is 22.7 Å². The smallest absolute Gasteiger partial charge is 0.247 e. The fourth-order valence-electron chi connectivity index (χ4n) is 2.57. The molecule has 7 heteroatoms. The van der Waals surface area contributed by atoms with E-state index in [0.717, 1.165) is 21.8 Å². The molecule has 0 saturated heterocycles. The zero-order valence-electron chi connectivity index (χ0n) is 14.2. The minimum absolute atomic E-state index is 0.0885. The lowest BCUT2D eigenvalue weighted by Crippen LogP contribution is -1.95. The molecule has 0 saturated carbocycles. The molecule has 130 valence electrons. The van der Waals surface area contributed by atoms with E-state index >= 15 is 0 Å². The first kappa shape index (κ1) is 16.7. The highest BCUT2D eigenvalue weighted by Crippen LogP contribution is 2.37. The molecule has 0 unspecified atom stereocenters. The summed E-state index contributed by atoms with van der Waals surface area (Å²) in [7, 11) is 0. The van der Waals surface area contributed by atoms with Gasteiger partial charge in [-0.25, -0.2) is 14.4 Å². The minimum atomic E-state index is -0.302. The largest absolute Gasteiger partial charge is 0.419 e. The molecule has 0 bridgehead atoms. The summed E-state index contributed by atoms with van der Waals surface area (Å²) in [6.07, 6.45) is 0. The van der Waals surface area contributed by atoms with Gasteiger partial charge in [-0.2, -0.15) is 0 Å². The SMILES string of the molecule is Cc1nc(S[C@H](C)c2nnc(-c3ccc(F)cc3)o2)c2ccccc2n1.